The molecule has 4 heteroatoms. The van der Waals surface area contributed by atoms with Gasteiger partial charge in [-0.05, 0) is 26.7 Å². The van der Waals surface area contributed by atoms with E-state index in [1.165, 1.54) is 0 Å². The molecule has 0 aliphatic rings. The highest BCUT2D eigenvalue weighted by Gasteiger charge is 2.14. The normalized spacial score (nSPS) is 15.2. The van der Waals surface area contributed by atoms with E-state index in [1.807, 2.05) is 13.8 Å². The average Bonchev–Trinajstić information content (AvgIpc) is 2.01. The molecule has 78 valence electrons. The maximum Gasteiger partial charge on any atom is 0.407 e. The number of hydrogen-bond acceptors (Lipinski definition) is 3. The van der Waals surface area contributed by atoms with Crippen molar-refractivity contribution in [3.63, 3.8) is 0 Å². The lowest BCUT2D eigenvalue weighted by Crippen LogP contribution is -2.39. The van der Waals surface area contributed by atoms with Crippen molar-refractivity contribution >= 4 is 6.09 Å². The molecule has 0 aromatic carbocycles. The Morgan fingerprint density at radius 2 is 1.92 bits per heavy atom. The summed E-state index contributed by atoms with van der Waals surface area (Å²) in [6.45, 7) is 7.34. The van der Waals surface area contributed by atoms with Crippen LogP contribution in [0.25, 0.3) is 0 Å². The summed E-state index contributed by atoms with van der Waals surface area (Å²) < 4.78 is 4.88. The highest BCUT2D eigenvalue weighted by Crippen LogP contribution is 2.01. The first kappa shape index (κ1) is 12.2. The van der Waals surface area contributed by atoms with Crippen LogP contribution in [-0.2, 0) is 4.74 Å². The number of carbonyl (C=O) groups is 1. The molecule has 2 atom stereocenters. The molecule has 0 aromatic heterocycles. The van der Waals surface area contributed by atoms with Crippen LogP contribution in [0.1, 0.15) is 27.7 Å². The molecule has 0 heterocycles. The minimum atomic E-state index is -0.428. The number of ether oxygens (including phenoxy) is 1. The van der Waals surface area contributed by atoms with Gasteiger partial charge in [-0.1, -0.05) is 6.92 Å². The smallest absolute Gasteiger partial charge is 0.407 e. The zero-order valence-corrected chi connectivity index (χ0v) is 8.70. The number of carbonyl (C=O) groups excluding carboxylic acids is 1. The SMILES string of the molecule is CC(C)OC(=O)NC(C)C(C)CO. The molecule has 0 bridgehead atoms. The van der Waals surface area contributed by atoms with Gasteiger partial charge in [0.2, 0.25) is 0 Å². The molecule has 0 radical (unpaired) electrons. The minimum absolute atomic E-state index is 0.0414. The number of amides is 1. The summed E-state index contributed by atoms with van der Waals surface area (Å²) in [7, 11) is 0. The van der Waals surface area contributed by atoms with Crippen molar-refractivity contribution in [3.05, 3.63) is 0 Å². The van der Waals surface area contributed by atoms with Crippen molar-refractivity contribution in [2.75, 3.05) is 6.61 Å². The molecule has 0 aliphatic heterocycles. The first-order valence-electron chi connectivity index (χ1n) is 4.55. The number of alkyl carbamates (subject to hydrolysis) is 1. The van der Waals surface area contributed by atoms with E-state index < -0.39 is 6.09 Å². The number of hydrogen-bond donors (Lipinski definition) is 2. The third-order valence-electron chi connectivity index (χ3n) is 1.83. The Morgan fingerprint density at radius 1 is 1.38 bits per heavy atom. The van der Waals surface area contributed by atoms with Gasteiger partial charge in [0, 0.05) is 12.6 Å². The van der Waals surface area contributed by atoms with Crippen LogP contribution in [0.15, 0.2) is 0 Å². The van der Waals surface area contributed by atoms with Crippen LogP contribution in [0.2, 0.25) is 0 Å². The van der Waals surface area contributed by atoms with Crippen LogP contribution in [0.5, 0.6) is 0 Å². The van der Waals surface area contributed by atoms with Gasteiger partial charge in [-0.15, -0.1) is 0 Å². The summed E-state index contributed by atoms with van der Waals surface area (Å²) in [5.74, 6) is 0.0414. The van der Waals surface area contributed by atoms with Gasteiger partial charge in [0.15, 0.2) is 0 Å². The van der Waals surface area contributed by atoms with Crippen LogP contribution in [0, 0.1) is 5.92 Å². The molecular formula is C9H19NO3. The molecule has 0 spiro atoms. The third-order valence-corrected chi connectivity index (χ3v) is 1.83. The van der Waals surface area contributed by atoms with Crippen LogP contribution in [0.3, 0.4) is 0 Å². The predicted octanol–water partition coefficient (Wildman–Crippen LogP) is 1.14. The monoisotopic (exact) mass is 189 g/mol. The average molecular weight is 189 g/mol. The highest BCUT2D eigenvalue weighted by atomic mass is 16.6. The van der Waals surface area contributed by atoms with Gasteiger partial charge in [-0.3, -0.25) is 0 Å². The Balaban J connectivity index is 3.77. The van der Waals surface area contributed by atoms with Gasteiger partial charge in [-0.2, -0.15) is 0 Å². The Hall–Kier alpha value is -0.770. The molecule has 0 aliphatic carbocycles. The van der Waals surface area contributed by atoms with Crippen LogP contribution in [-0.4, -0.2) is 30.0 Å². The van der Waals surface area contributed by atoms with Gasteiger partial charge >= 0.3 is 6.09 Å². The Labute approximate surface area is 79.3 Å². The topological polar surface area (TPSA) is 58.6 Å². The lowest BCUT2D eigenvalue weighted by molar-refractivity contribution is 0.107. The number of aliphatic hydroxyl groups is 1. The van der Waals surface area contributed by atoms with E-state index in [2.05, 4.69) is 5.32 Å². The standard InChI is InChI=1S/C9H19NO3/c1-6(2)13-9(12)10-8(4)7(3)5-11/h6-8,11H,5H2,1-4H3,(H,10,12). The zero-order valence-electron chi connectivity index (χ0n) is 8.70. The fourth-order valence-corrected chi connectivity index (χ4v) is 0.734. The van der Waals surface area contributed by atoms with Crippen molar-refractivity contribution in [1.82, 2.24) is 5.32 Å². The van der Waals surface area contributed by atoms with Crippen LogP contribution in [0.4, 0.5) is 4.79 Å². The summed E-state index contributed by atoms with van der Waals surface area (Å²) in [5, 5.41) is 11.4. The molecule has 0 saturated heterocycles. The Morgan fingerprint density at radius 3 is 2.31 bits per heavy atom. The number of aliphatic hydroxyl groups excluding tert-OH is 1. The van der Waals surface area contributed by atoms with Gasteiger partial charge < -0.3 is 15.2 Å². The van der Waals surface area contributed by atoms with Crippen molar-refractivity contribution in [1.29, 1.82) is 0 Å². The second-order valence-corrected chi connectivity index (χ2v) is 3.55. The van der Waals surface area contributed by atoms with E-state index in [4.69, 9.17) is 9.84 Å². The molecule has 1 amide bonds. The molecular weight excluding hydrogens is 170 g/mol. The number of nitrogens with one attached hydrogen (secondary N) is 1. The highest BCUT2D eigenvalue weighted by molar-refractivity contribution is 5.67. The van der Waals surface area contributed by atoms with Crippen LogP contribution >= 0.6 is 0 Å². The van der Waals surface area contributed by atoms with Gasteiger partial charge in [0.05, 0.1) is 6.10 Å². The molecule has 2 N–H and O–H groups in total. The molecule has 0 saturated carbocycles. The minimum Gasteiger partial charge on any atom is -0.447 e. The first-order chi connectivity index (χ1) is 5.97. The summed E-state index contributed by atoms with van der Waals surface area (Å²) in [4.78, 5) is 11.1. The molecule has 13 heavy (non-hydrogen) atoms. The van der Waals surface area contributed by atoms with E-state index in [-0.39, 0.29) is 24.7 Å². The molecule has 0 rings (SSSR count). The molecule has 2 unspecified atom stereocenters. The molecule has 0 aromatic rings. The van der Waals surface area contributed by atoms with E-state index in [0.29, 0.717) is 0 Å². The summed E-state index contributed by atoms with van der Waals surface area (Å²) >= 11 is 0. The van der Waals surface area contributed by atoms with Crippen molar-refractivity contribution < 1.29 is 14.6 Å². The lowest BCUT2D eigenvalue weighted by Gasteiger charge is -2.19. The van der Waals surface area contributed by atoms with Crippen molar-refractivity contribution in [2.45, 2.75) is 39.8 Å². The third kappa shape index (κ3) is 5.47. The fraction of sp³-hybridized carbons (Fsp3) is 0.889. The molecule has 4 nitrogen and oxygen atoms in total. The maximum absolute atomic E-state index is 11.1. The van der Waals surface area contributed by atoms with E-state index >= 15 is 0 Å². The largest absolute Gasteiger partial charge is 0.447 e. The lowest BCUT2D eigenvalue weighted by atomic mass is 10.1. The van der Waals surface area contributed by atoms with Crippen LogP contribution < -0.4 is 5.32 Å². The van der Waals surface area contributed by atoms with Gasteiger partial charge in [-0.25, -0.2) is 4.79 Å². The first-order valence-corrected chi connectivity index (χ1v) is 4.55. The van der Waals surface area contributed by atoms with E-state index in [0.717, 1.165) is 0 Å². The van der Waals surface area contributed by atoms with E-state index in [9.17, 15) is 4.79 Å². The summed E-state index contributed by atoms with van der Waals surface area (Å²) in [6, 6.07) is -0.0729. The second-order valence-electron chi connectivity index (χ2n) is 3.55. The predicted molar refractivity (Wildman–Crippen MR) is 50.5 cm³/mol. The van der Waals surface area contributed by atoms with E-state index in [1.54, 1.807) is 13.8 Å². The Bertz CT molecular complexity index is 159. The fourth-order valence-electron chi connectivity index (χ4n) is 0.734. The van der Waals surface area contributed by atoms with Gasteiger partial charge in [0.1, 0.15) is 0 Å². The van der Waals surface area contributed by atoms with Crippen molar-refractivity contribution in [2.24, 2.45) is 5.92 Å². The number of rotatable bonds is 4. The summed E-state index contributed by atoms with van der Waals surface area (Å²) in [6.07, 6.45) is -0.542. The van der Waals surface area contributed by atoms with Gasteiger partial charge in [0.25, 0.3) is 0 Å². The second kappa shape index (κ2) is 5.80. The zero-order chi connectivity index (χ0) is 10.4. The Kier molecular flexibility index (Phi) is 5.46. The molecule has 0 fully saturated rings. The quantitative estimate of drug-likeness (QED) is 0.697. The summed E-state index contributed by atoms with van der Waals surface area (Å²) in [5.41, 5.74) is 0. The maximum atomic E-state index is 11.1. The van der Waals surface area contributed by atoms with Crippen molar-refractivity contribution in [3.8, 4) is 0 Å².